The zero-order valence-electron chi connectivity index (χ0n) is 19.2. The third-order valence-electron chi connectivity index (χ3n) is 6.04. The Morgan fingerprint density at radius 3 is 2.76 bits per heavy atom. The Hall–Kier alpha value is -3.51. The van der Waals surface area contributed by atoms with E-state index in [1.807, 2.05) is 67.1 Å². The number of nitrogens with one attached hydrogen (secondary N) is 1. The van der Waals surface area contributed by atoms with Gasteiger partial charge in [-0.2, -0.15) is 5.10 Å². The van der Waals surface area contributed by atoms with Crippen LogP contribution in [0.15, 0.2) is 59.1 Å². The summed E-state index contributed by atoms with van der Waals surface area (Å²) in [5, 5.41) is 8.52. The Labute approximate surface area is 203 Å². The summed E-state index contributed by atoms with van der Waals surface area (Å²) in [6.45, 7) is 5.55. The van der Waals surface area contributed by atoms with E-state index in [9.17, 15) is 4.79 Å². The van der Waals surface area contributed by atoms with E-state index in [4.69, 9.17) is 25.9 Å². The zero-order valence-corrected chi connectivity index (χ0v) is 20.0. The van der Waals surface area contributed by atoms with Gasteiger partial charge in [0.25, 0.3) is 5.91 Å². The van der Waals surface area contributed by atoms with Crippen LogP contribution in [-0.2, 0) is 25.9 Å². The molecule has 0 unspecified atom stereocenters. The Balaban J connectivity index is 1.33. The molecule has 2 aromatic carbocycles. The lowest BCUT2D eigenvalue weighted by molar-refractivity contribution is 0.0920. The van der Waals surface area contributed by atoms with E-state index in [0.29, 0.717) is 30.5 Å². The van der Waals surface area contributed by atoms with Crippen LogP contribution in [0.2, 0.25) is 5.02 Å². The molecule has 0 aliphatic heterocycles. The van der Waals surface area contributed by atoms with Crippen LogP contribution >= 0.6 is 11.6 Å². The van der Waals surface area contributed by atoms with Crippen LogP contribution in [0.1, 0.15) is 45.5 Å². The predicted octanol–water partition coefficient (Wildman–Crippen LogP) is 5.58. The van der Waals surface area contributed by atoms with Gasteiger partial charge in [-0.1, -0.05) is 35.9 Å². The fourth-order valence-electron chi connectivity index (χ4n) is 4.42. The predicted molar refractivity (Wildman–Crippen MR) is 131 cm³/mol. The first-order valence-electron chi connectivity index (χ1n) is 11.4. The van der Waals surface area contributed by atoms with E-state index in [1.54, 1.807) is 0 Å². The van der Waals surface area contributed by atoms with Crippen LogP contribution < -0.4 is 10.1 Å². The quantitative estimate of drug-likeness (QED) is 0.379. The van der Waals surface area contributed by atoms with Crippen LogP contribution in [0, 0.1) is 6.92 Å². The van der Waals surface area contributed by atoms with Crippen LogP contribution in [0.25, 0.3) is 11.3 Å². The molecule has 0 bridgehead atoms. The highest BCUT2D eigenvalue weighted by Crippen LogP contribution is 2.38. The van der Waals surface area contributed by atoms with Crippen molar-refractivity contribution in [1.29, 1.82) is 0 Å². The topological polar surface area (TPSA) is 69.3 Å². The molecule has 2 aromatic heterocycles. The van der Waals surface area contributed by atoms with Gasteiger partial charge in [-0.25, -0.2) is 0 Å². The Morgan fingerprint density at radius 1 is 1.18 bits per heavy atom. The van der Waals surface area contributed by atoms with Crippen molar-refractivity contribution in [3.63, 3.8) is 0 Å². The molecule has 1 aliphatic rings. The van der Waals surface area contributed by atoms with E-state index in [-0.39, 0.29) is 5.91 Å². The summed E-state index contributed by atoms with van der Waals surface area (Å²) < 4.78 is 13.4. The van der Waals surface area contributed by atoms with Crippen molar-refractivity contribution in [2.24, 2.45) is 0 Å². The summed E-state index contributed by atoms with van der Waals surface area (Å²) in [4.78, 5) is 12.9. The molecule has 0 atom stereocenters. The Bertz CT molecular complexity index is 1340. The summed E-state index contributed by atoms with van der Waals surface area (Å²) in [5.74, 6) is 1.77. The minimum atomic E-state index is -0.222. The largest absolute Gasteiger partial charge is 0.494 e. The molecule has 2 heterocycles. The molecule has 0 saturated carbocycles. The van der Waals surface area contributed by atoms with Crippen molar-refractivity contribution in [1.82, 2.24) is 15.1 Å². The van der Waals surface area contributed by atoms with Crippen molar-refractivity contribution in [3.05, 3.63) is 93.5 Å². The van der Waals surface area contributed by atoms with Crippen LogP contribution in [0.3, 0.4) is 0 Å². The molecule has 7 heteroatoms. The monoisotopic (exact) mass is 475 g/mol. The smallest absolute Gasteiger partial charge is 0.287 e. The van der Waals surface area contributed by atoms with E-state index in [0.717, 1.165) is 52.3 Å². The molecule has 6 nitrogen and oxygen atoms in total. The highest BCUT2D eigenvalue weighted by atomic mass is 35.5. The maximum atomic E-state index is 12.9. The molecule has 5 rings (SSSR count). The molecule has 174 valence electrons. The van der Waals surface area contributed by atoms with Gasteiger partial charge in [-0.3, -0.25) is 9.48 Å². The Morgan fingerprint density at radius 2 is 2.00 bits per heavy atom. The first-order chi connectivity index (χ1) is 16.5. The number of carbonyl (C=O) groups is 1. The number of hydrogen-bond acceptors (Lipinski definition) is 4. The second-order valence-corrected chi connectivity index (χ2v) is 8.88. The number of aryl methyl sites for hydroxylation is 2. The molecular weight excluding hydrogens is 450 g/mol. The Kier molecular flexibility index (Phi) is 6.16. The molecule has 4 aromatic rings. The number of hydrogen-bond donors (Lipinski definition) is 1. The first-order valence-corrected chi connectivity index (χ1v) is 11.8. The summed E-state index contributed by atoms with van der Waals surface area (Å²) in [7, 11) is 0. The van der Waals surface area contributed by atoms with Gasteiger partial charge in [0, 0.05) is 35.3 Å². The minimum absolute atomic E-state index is 0.222. The number of halogens is 1. The number of carbonyl (C=O) groups excluding carboxylic acids is 1. The van der Waals surface area contributed by atoms with Crippen molar-refractivity contribution >= 4 is 17.5 Å². The second-order valence-electron chi connectivity index (χ2n) is 8.44. The summed E-state index contributed by atoms with van der Waals surface area (Å²) in [6, 6.07) is 15.5. The van der Waals surface area contributed by atoms with Gasteiger partial charge >= 0.3 is 0 Å². The van der Waals surface area contributed by atoms with Crippen LogP contribution in [0.4, 0.5) is 0 Å². The molecule has 34 heavy (non-hydrogen) atoms. The van der Waals surface area contributed by atoms with Crippen molar-refractivity contribution < 1.29 is 13.9 Å². The number of amides is 1. The van der Waals surface area contributed by atoms with E-state index in [1.165, 1.54) is 5.56 Å². The van der Waals surface area contributed by atoms with Crippen LogP contribution in [0.5, 0.6) is 5.75 Å². The maximum Gasteiger partial charge on any atom is 0.287 e. The van der Waals surface area contributed by atoms with Gasteiger partial charge in [0.15, 0.2) is 5.76 Å². The fraction of sp³-hybridized carbons (Fsp3) is 0.259. The highest BCUT2D eigenvalue weighted by molar-refractivity contribution is 6.30. The van der Waals surface area contributed by atoms with E-state index in [2.05, 4.69) is 11.5 Å². The van der Waals surface area contributed by atoms with Crippen molar-refractivity contribution in [3.8, 4) is 17.0 Å². The lowest BCUT2D eigenvalue weighted by Crippen LogP contribution is -2.23. The average molecular weight is 476 g/mol. The van der Waals surface area contributed by atoms with Crippen molar-refractivity contribution in [2.45, 2.75) is 39.8 Å². The number of furan rings is 1. The summed E-state index contributed by atoms with van der Waals surface area (Å²) >= 11 is 6.13. The molecule has 0 fully saturated rings. The van der Waals surface area contributed by atoms with E-state index < -0.39 is 0 Å². The molecular formula is C27H26ClN3O3. The van der Waals surface area contributed by atoms with Crippen molar-refractivity contribution in [2.75, 3.05) is 6.61 Å². The second kappa shape index (κ2) is 9.39. The van der Waals surface area contributed by atoms with Gasteiger partial charge < -0.3 is 14.5 Å². The third-order valence-corrected chi connectivity index (χ3v) is 6.28. The molecule has 1 aliphatic carbocycles. The average Bonchev–Trinajstić information content (AvgIpc) is 3.38. The number of ether oxygens (including phenoxy) is 1. The fourth-order valence-corrected chi connectivity index (χ4v) is 4.63. The molecule has 0 spiro atoms. The van der Waals surface area contributed by atoms with Gasteiger partial charge in [0.1, 0.15) is 11.5 Å². The van der Waals surface area contributed by atoms with Gasteiger partial charge in [-0.15, -0.1) is 0 Å². The lowest BCUT2D eigenvalue weighted by Gasteiger charge is -2.09. The molecule has 1 amide bonds. The SMILES string of the molecule is CCOc1ccc(CNC(=O)c2oc3c(c2C)-c2nn(Cc4cccc(Cl)c4)cc2CC3)cc1. The maximum absolute atomic E-state index is 12.9. The normalized spacial score (nSPS) is 12.2. The molecule has 0 saturated heterocycles. The molecule has 1 N–H and O–H groups in total. The van der Waals surface area contributed by atoms with Gasteiger partial charge in [0.2, 0.25) is 0 Å². The number of nitrogens with zero attached hydrogens (tertiary/aromatic N) is 2. The lowest BCUT2D eigenvalue weighted by atomic mass is 9.93. The summed E-state index contributed by atoms with van der Waals surface area (Å²) in [6.07, 6.45) is 3.66. The van der Waals surface area contributed by atoms with E-state index >= 15 is 0 Å². The third kappa shape index (κ3) is 4.46. The van der Waals surface area contributed by atoms with Crippen LogP contribution in [-0.4, -0.2) is 22.3 Å². The first kappa shape index (κ1) is 22.3. The van der Waals surface area contributed by atoms with Gasteiger partial charge in [-0.05, 0) is 61.2 Å². The minimum Gasteiger partial charge on any atom is -0.494 e. The molecule has 0 radical (unpaired) electrons. The number of rotatable bonds is 7. The number of aromatic nitrogens is 2. The summed E-state index contributed by atoms with van der Waals surface area (Å²) in [5.41, 5.74) is 5.92. The number of benzene rings is 2. The van der Waals surface area contributed by atoms with Gasteiger partial charge in [0.05, 0.1) is 18.8 Å². The standard InChI is InChI=1S/C27H26ClN3O3/c1-3-33-22-10-7-18(8-11-22)14-29-27(32)26-17(2)24-23(34-26)12-9-20-16-31(30-25(20)24)15-19-5-4-6-21(28)13-19/h4-8,10-11,13,16H,3,9,12,14-15H2,1-2H3,(H,29,32). The number of fused-ring (bicyclic) bond motifs is 3. The highest BCUT2D eigenvalue weighted by Gasteiger charge is 2.29. The zero-order chi connectivity index (χ0) is 23.7.